The number of aromatic nitrogens is 1. The number of aliphatic hydroxyl groups excluding tert-OH is 1. The first-order valence-corrected chi connectivity index (χ1v) is 7.13. The fraction of sp³-hybridized carbons (Fsp3) is 0.222. The van der Waals surface area contributed by atoms with Crippen LogP contribution in [0.1, 0.15) is 11.1 Å². The van der Waals surface area contributed by atoms with Crippen LogP contribution in [0.25, 0.3) is 10.9 Å². The zero-order valence-electron chi connectivity index (χ0n) is 12.1. The first-order valence-electron chi connectivity index (χ1n) is 7.13. The fourth-order valence-corrected chi connectivity index (χ4v) is 2.60. The molecule has 0 aliphatic carbocycles. The van der Waals surface area contributed by atoms with Gasteiger partial charge in [-0.05, 0) is 35.7 Å². The van der Waals surface area contributed by atoms with Crippen LogP contribution in [-0.2, 0) is 20.1 Å². The van der Waals surface area contributed by atoms with Crippen molar-refractivity contribution in [2.75, 3.05) is 6.61 Å². The molecule has 1 N–H and O–H groups in total. The van der Waals surface area contributed by atoms with E-state index in [1.54, 1.807) is 0 Å². The number of hydrogen-bond acceptors (Lipinski definition) is 2. The third-order valence-corrected chi connectivity index (χ3v) is 3.67. The molecule has 1 aromatic heterocycles. The average molecular weight is 281 g/mol. The largest absolute Gasteiger partial charge is 0.489 e. The number of ether oxygens (including phenoxy) is 1. The van der Waals surface area contributed by atoms with Crippen LogP contribution >= 0.6 is 0 Å². The molecular weight excluding hydrogens is 262 g/mol. The van der Waals surface area contributed by atoms with Crippen LogP contribution in [-0.4, -0.2) is 16.3 Å². The molecule has 0 aliphatic rings. The molecule has 0 bridgehead atoms. The lowest BCUT2D eigenvalue weighted by atomic mass is 10.1. The minimum atomic E-state index is 0.161. The third-order valence-electron chi connectivity index (χ3n) is 3.67. The lowest BCUT2D eigenvalue weighted by molar-refractivity contribution is 0.299. The second-order valence-electron chi connectivity index (χ2n) is 5.19. The van der Waals surface area contributed by atoms with E-state index in [1.165, 1.54) is 0 Å². The number of fused-ring (bicyclic) bond motifs is 1. The highest BCUT2D eigenvalue weighted by molar-refractivity contribution is 5.85. The highest BCUT2D eigenvalue weighted by Crippen LogP contribution is 2.26. The van der Waals surface area contributed by atoms with Gasteiger partial charge in [0.1, 0.15) is 12.4 Å². The summed E-state index contributed by atoms with van der Waals surface area (Å²) in [6.07, 6.45) is 2.74. The van der Waals surface area contributed by atoms with Gasteiger partial charge in [-0.15, -0.1) is 0 Å². The zero-order chi connectivity index (χ0) is 14.7. The van der Waals surface area contributed by atoms with Gasteiger partial charge in [-0.1, -0.05) is 30.3 Å². The van der Waals surface area contributed by atoms with Gasteiger partial charge in [0.15, 0.2) is 0 Å². The molecule has 3 nitrogen and oxygen atoms in total. The van der Waals surface area contributed by atoms with Crippen molar-refractivity contribution in [2.24, 2.45) is 7.05 Å². The van der Waals surface area contributed by atoms with Crippen LogP contribution in [0.2, 0.25) is 0 Å². The van der Waals surface area contributed by atoms with Crippen LogP contribution in [0.5, 0.6) is 5.75 Å². The Kier molecular flexibility index (Phi) is 3.93. The number of nitrogens with zero attached hydrogens (tertiary/aromatic N) is 1. The maximum Gasteiger partial charge on any atom is 0.120 e. The topological polar surface area (TPSA) is 34.4 Å². The first kappa shape index (κ1) is 13.7. The minimum Gasteiger partial charge on any atom is -0.489 e. The number of hydrogen-bond donors (Lipinski definition) is 1. The average Bonchev–Trinajstić information content (AvgIpc) is 2.83. The van der Waals surface area contributed by atoms with Crippen LogP contribution in [0.15, 0.2) is 54.7 Å². The Morgan fingerprint density at radius 2 is 1.90 bits per heavy atom. The molecule has 0 unspecified atom stereocenters. The summed E-state index contributed by atoms with van der Waals surface area (Å²) in [5.74, 6) is 0.858. The van der Waals surface area contributed by atoms with Gasteiger partial charge in [-0.2, -0.15) is 0 Å². The van der Waals surface area contributed by atoms with E-state index >= 15 is 0 Å². The summed E-state index contributed by atoms with van der Waals surface area (Å²) in [6, 6.07) is 16.3. The summed E-state index contributed by atoms with van der Waals surface area (Å²) < 4.78 is 7.96. The molecule has 0 saturated heterocycles. The molecule has 0 atom stereocenters. The van der Waals surface area contributed by atoms with Crippen LogP contribution in [0.4, 0.5) is 0 Å². The Labute approximate surface area is 124 Å². The summed E-state index contributed by atoms with van der Waals surface area (Å²) in [5.41, 5.74) is 3.46. The van der Waals surface area contributed by atoms with Crippen molar-refractivity contribution in [2.45, 2.75) is 13.0 Å². The summed E-state index contributed by atoms with van der Waals surface area (Å²) in [6.45, 7) is 0.725. The maximum atomic E-state index is 9.17. The molecule has 0 radical (unpaired) electrons. The maximum absolute atomic E-state index is 9.17. The van der Waals surface area contributed by atoms with E-state index in [4.69, 9.17) is 9.84 Å². The van der Waals surface area contributed by atoms with Crippen molar-refractivity contribution >= 4 is 10.9 Å². The van der Waals surface area contributed by atoms with Crippen LogP contribution < -0.4 is 4.74 Å². The van der Waals surface area contributed by atoms with Crippen molar-refractivity contribution in [3.63, 3.8) is 0 Å². The molecular formula is C18H19NO2. The van der Waals surface area contributed by atoms with Gasteiger partial charge >= 0.3 is 0 Å². The van der Waals surface area contributed by atoms with E-state index in [1.807, 2.05) is 31.3 Å². The highest BCUT2D eigenvalue weighted by Gasteiger charge is 2.07. The molecule has 0 fully saturated rings. The van der Waals surface area contributed by atoms with Crippen molar-refractivity contribution < 1.29 is 9.84 Å². The lowest BCUT2D eigenvalue weighted by Crippen LogP contribution is -1.95. The van der Waals surface area contributed by atoms with E-state index < -0.39 is 0 Å². The summed E-state index contributed by atoms with van der Waals surface area (Å²) >= 11 is 0. The first-order chi connectivity index (χ1) is 10.3. The van der Waals surface area contributed by atoms with Gasteiger partial charge in [0, 0.05) is 30.8 Å². The standard InChI is InChI=1S/C18H19NO2/c1-19-12-15(9-10-20)17-11-16(7-8-18(17)19)21-13-14-5-3-2-4-6-14/h2-8,11-12,20H,9-10,13H2,1H3. The van der Waals surface area contributed by atoms with E-state index in [9.17, 15) is 0 Å². The number of rotatable bonds is 5. The Morgan fingerprint density at radius 3 is 2.67 bits per heavy atom. The quantitative estimate of drug-likeness (QED) is 0.778. The van der Waals surface area contributed by atoms with E-state index in [0.717, 1.165) is 27.8 Å². The number of aryl methyl sites for hydroxylation is 1. The molecule has 0 spiro atoms. The SMILES string of the molecule is Cn1cc(CCO)c2cc(OCc3ccccc3)ccc21. The molecule has 1 heterocycles. The normalized spacial score (nSPS) is 11.0. The summed E-state index contributed by atoms with van der Waals surface area (Å²) in [7, 11) is 2.02. The third kappa shape index (κ3) is 2.93. The molecule has 0 aliphatic heterocycles. The zero-order valence-corrected chi connectivity index (χ0v) is 12.1. The number of aliphatic hydroxyl groups is 1. The Balaban J connectivity index is 1.84. The van der Waals surface area contributed by atoms with E-state index in [2.05, 4.69) is 35.0 Å². The van der Waals surface area contributed by atoms with Gasteiger partial charge in [-0.25, -0.2) is 0 Å². The molecule has 2 aromatic carbocycles. The summed E-state index contributed by atoms with van der Waals surface area (Å²) in [5, 5.41) is 10.3. The molecule has 21 heavy (non-hydrogen) atoms. The van der Waals surface area contributed by atoms with Crippen LogP contribution in [0.3, 0.4) is 0 Å². The fourth-order valence-electron chi connectivity index (χ4n) is 2.60. The monoisotopic (exact) mass is 281 g/mol. The predicted octanol–water partition coefficient (Wildman–Crippen LogP) is 3.29. The highest BCUT2D eigenvalue weighted by atomic mass is 16.5. The Bertz CT molecular complexity index is 732. The number of benzene rings is 2. The van der Waals surface area contributed by atoms with Gasteiger partial charge in [0.25, 0.3) is 0 Å². The lowest BCUT2D eigenvalue weighted by Gasteiger charge is -2.07. The Hall–Kier alpha value is -2.26. The second-order valence-corrected chi connectivity index (χ2v) is 5.19. The van der Waals surface area contributed by atoms with Gasteiger partial charge in [0.2, 0.25) is 0 Å². The summed E-state index contributed by atoms with van der Waals surface area (Å²) in [4.78, 5) is 0. The molecule has 3 rings (SSSR count). The minimum absolute atomic E-state index is 0.161. The molecule has 0 saturated carbocycles. The second kappa shape index (κ2) is 6.02. The Morgan fingerprint density at radius 1 is 1.10 bits per heavy atom. The van der Waals surface area contributed by atoms with Crippen LogP contribution in [0, 0.1) is 0 Å². The van der Waals surface area contributed by atoms with Crippen molar-refractivity contribution in [1.82, 2.24) is 4.57 Å². The van der Waals surface area contributed by atoms with E-state index in [0.29, 0.717) is 13.0 Å². The van der Waals surface area contributed by atoms with Gasteiger partial charge in [-0.3, -0.25) is 0 Å². The van der Waals surface area contributed by atoms with Crippen molar-refractivity contribution in [3.05, 3.63) is 65.9 Å². The van der Waals surface area contributed by atoms with E-state index in [-0.39, 0.29) is 6.61 Å². The van der Waals surface area contributed by atoms with Crippen molar-refractivity contribution in [3.8, 4) is 5.75 Å². The molecule has 3 aromatic rings. The van der Waals surface area contributed by atoms with Crippen molar-refractivity contribution in [1.29, 1.82) is 0 Å². The molecule has 3 heteroatoms. The smallest absolute Gasteiger partial charge is 0.120 e. The van der Waals surface area contributed by atoms with Gasteiger partial charge in [0.05, 0.1) is 0 Å². The predicted molar refractivity (Wildman–Crippen MR) is 84.5 cm³/mol. The van der Waals surface area contributed by atoms with Gasteiger partial charge < -0.3 is 14.4 Å². The molecule has 108 valence electrons. The molecule has 0 amide bonds.